The normalized spacial score (nSPS) is 13.1. The number of benzene rings is 2. The average Bonchev–Trinajstić information content (AvgIpc) is 3.10. The van der Waals surface area contributed by atoms with Crippen molar-refractivity contribution >= 4 is 0 Å². The van der Waals surface area contributed by atoms with Gasteiger partial charge in [-0.15, -0.1) is 10.2 Å². The zero-order valence-electron chi connectivity index (χ0n) is 15.3. The van der Waals surface area contributed by atoms with Crippen molar-refractivity contribution in [3.63, 3.8) is 0 Å². The van der Waals surface area contributed by atoms with Gasteiger partial charge in [-0.05, 0) is 44.7 Å². The summed E-state index contributed by atoms with van der Waals surface area (Å²) in [6, 6.07) is 12.9. The van der Waals surface area contributed by atoms with Crippen molar-refractivity contribution < 1.29 is 17.6 Å². The second kappa shape index (κ2) is 7.52. The van der Waals surface area contributed by atoms with Gasteiger partial charge in [0, 0.05) is 12.1 Å². The number of aromatic nitrogens is 2. The van der Waals surface area contributed by atoms with E-state index in [0.717, 1.165) is 17.2 Å². The Morgan fingerprint density at radius 1 is 1.07 bits per heavy atom. The molecule has 7 heteroatoms. The zero-order valence-corrected chi connectivity index (χ0v) is 15.3. The summed E-state index contributed by atoms with van der Waals surface area (Å²) in [6.07, 6.45) is -4.39. The molecule has 2 aromatic carbocycles. The molecule has 142 valence electrons. The highest BCUT2D eigenvalue weighted by molar-refractivity contribution is 5.53. The van der Waals surface area contributed by atoms with Crippen LogP contribution in [-0.2, 0) is 12.7 Å². The van der Waals surface area contributed by atoms with Crippen molar-refractivity contribution in [2.24, 2.45) is 0 Å². The van der Waals surface area contributed by atoms with Crippen molar-refractivity contribution in [1.29, 1.82) is 0 Å². The van der Waals surface area contributed by atoms with Crippen LogP contribution in [0.15, 0.2) is 52.9 Å². The van der Waals surface area contributed by atoms with E-state index < -0.39 is 11.7 Å². The highest BCUT2D eigenvalue weighted by Gasteiger charge is 2.33. The van der Waals surface area contributed by atoms with Crippen molar-refractivity contribution in [3.8, 4) is 11.5 Å². The lowest BCUT2D eigenvalue weighted by Gasteiger charge is -2.23. The molecule has 1 atom stereocenters. The monoisotopic (exact) mass is 375 g/mol. The summed E-state index contributed by atoms with van der Waals surface area (Å²) in [7, 11) is 1.73. The Morgan fingerprint density at radius 3 is 2.52 bits per heavy atom. The summed E-state index contributed by atoms with van der Waals surface area (Å²) >= 11 is 0. The van der Waals surface area contributed by atoms with Crippen molar-refractivity contribution in [2.45, 2.75) is 32.6 Å². The Kier molecular flexibility index (Phi) is 5.32. The first-order valence-electron chi connectivity index (χ1n) is 8.51. The molecule has 0 spiro atoms. The number of hydrogen-bond donors (Lipinski definition) is 0. The van der Waals surface area contributed by atoms with Crippen LogP contribution in [0.3, 0.4) is 0 Å². The van der Waals surface area contributed by atoms with Gasteiger partial charge in [0.25, 0.3) is 0 Å². The van der Waals surface area contributed by atoms with Gasteiger partial charge in [0.2, 0.25) is 11.8 Å². The number of rotatable bonds is 5. The first kappa shape index (κ1) is 19.1. The third-order valence-corrected chi connectivity index (χ3v) is 4.47. The van der Waals surface area contributed by atoms with E-state index in [4.69, 9.17) is 4.42 Å². The quantitative estimate of drug-likeness (QED) is 0.610. The van der Waals surface area contributed by atoms with E-state index >= 15 is 0 Å². The van der Waals surface area contributed by atoms with Crippen LogP contribution < -0.4 is 0 Å². The van der Waals surface area contributed by atoms with Gasteiger partial charge in [0.1, 0.15) is 0 Å². The minimum absolute atomic E-state index is 0.110. The Morgan fingerprint density at radius 2 is 1.81 bits per heavy atom. The Hall–Kier alpha value is -2.67. The molecule has 0 amide bonds. The van der Waals surface area contributed by atoms with Crippen molar-refractivity contribution in [2.75, 3.05) is 7.05 Å². The Labute approximate surface area is 155 Å². The van der Waals surface area contributed by atoms with Crippen LogP contribution in [0.25, 0.3) is 11.5 Å². The van der Waals surface area contributed by atoms with Gasteiger partial charge >= 0.3 is 6.18 Å². The van der Waals surface area contributed by atoms with Gasteiger partial charge in [-0.25, -0.2) is 0 Å². The second-order valence-corrected chi connectivity index (χ2v) is 6.56. The summed E-state index contributed by atoms with van der Waals surface area (Å²) < 4.78 is 45.3. The fourth-order valence-corrected chi connectivity index (χ4v) is 2.83. The van der Waals surface area contributed by atoms with E-state index in [-0.39, 0.29) is 18.2 Å². The molecule has 0 N–H and O–H groups in total. The smallest absolute Gasteiger partial charge is 0.416 e. The Balaban J connectivity index is 1.78. The summed E-state index contributed by atoms with van der Waals surface area (Å²) in [5.41, 5.74) is 1.46. The lowest BCUT2D eigenvalue weighted by Crippen LogP contribution is -2.24. The van der Waals surface area contributed by atoms with Gasteiger partial charge in [-0.1, -0.05) is 35.9 Å². The van der Waals surface area contributed by atoms with Crippen LogP contribution in [0.4, 0.5) is 13.2 Å². The number of alkyl halides is 3. The van der Waals surface area contributed by atoms with Gasteiger partial charge in [-0.3, -0.25) is 4.90 Å². The molecule has 4 nitrogen and oxygen atoms in total. The molecule has 3 aromatic rings. The minimum atomic E-state index is -4.39. The molecule has 0 bridgehead atoms. The largest absolute Gasteiger partial charge is 0.419 e. The molecule has 1 unspecified atom stereocenters. The molecular weight excluding hydrogens is 355 g/mol. The maximum absolute atomic E-state index is 13.2. The predicted molar refractivity (Wildman–Crippen MR) is 95.8 cm³/mol. The third-order valence-electron chi connectivity index (χ3n) is 4.47. The molecule has 27 heavy (non-hydrogen) atoms. The lowest BCUT2D eigenvalue weighted by molar-refractivity contribution is -0.138. The fraction of sp³-hybridized carbons (Fsp3) is 0.300. The molecule has 0 saturated heterocycles. The zero-order chi connectivity index (χ0) is 19.6. The van der Waals surface area contributed by atoms with Gasteiger partial charge in [0.05, 0.1) is 11.6 Å². The summed E-state index contributed by atoms with van der Waals surface area (Å²) in [4.78, 5) is 1.75. The maximum atomic E-state index is 13.2. The van der Waals surface area contributed by atoms with E-state index in [2.05, 4.69) is 10.2 Å². The van der Waals surface area contributed by atoms with Gasteiger partial charge in [0.15, 0.2) is 0 Å². The summed E-state index contributed by atoms with van der Waals surface area (Å²) in [6.45, 7) is 3.90. The molecular formula is C20H20F3N3O. The number of nitrogens with zero attached hydrogens (tertiary/aromatic N) is 3. The highest BCUT2D eigenvalue weighted by atomic mass is 19.4. The van der Waals surface area contributed by atoms with E-state index in [1.165, 1.54) is 12.1 Å². The molecule has 0 aliphatic carbocycles. The lowest BCUT2D eigenvalue weighted by atomic mass is 10.1. The number of hydrogen-bond acceptors (Lipinski definition) is 4. The van der Waals surface area contributed by atoms with E-state index in [9.17, 15) is 13.2 Å². The van der Waals surface area contributed by atoms with Crippen LogP contribution in [0, 0.1) is 6.92 Å². The van der Waals surface area contributed by atoms with Gasteiger partial charge < -0.3 is 4.42 Å². The number of aryl methyl sites for hydroxylation is 1. The molecule has 1 aromatic heterocycles. The Bertz CT molecular complexity index is 921. The molecule has 0 fully saturated rings. The topological polar surface area (TPSA) is 42.2 Å². The third kappa shape index (κ3) is 4.36. The molecule has 0 radical (unpaired) electrons. The van der Waals surface area contributed by atoms with Crippen LogP contribution >= 0.6 is 0 Å². The molecule has 1 heterocycles. The van der Waals surface area contributed by atoms with Crippen LogP contribution in [0.1, 0.15) is 35.5 Å². The molecule has 0 aliphatic heterocycles. The van der Waals surface area contributed by atoms with Crippen molar-refractivity contribution in [1.82, 2.24) is 15.1 Å². The molecule has 0 saturated carbocycles. The SMILES string of the molecule is Cc1cccc(-c2nnc(C(C)N(C)Cc3ccccc3C(F)(F)F)o2)c1. The summed E-state index contributed by atoms with van der Waals surface area (Å²) in [5.74, 6) is 0.753. The molecule has 0 aliphatic rings. The van der Waals surface area contributed by atoms with Crippen LogP contribution in [0.5, 0.6) is 0 Å². The standard InChI is InChI=1S/C20H20F3N3O/c1-13-7-6-9-15(11-13)19-25-24-18(27-19)14(2)26(3)12-16-8-4-5-10-17(16)20(21,22)23/h4-11,14H,12H2,1-3H3. The van der Waals surface area contributed by atoms with Crippen LogP contribution in [-0.4, -0.2) is 22.1 Å². The summed E-state index contributed by atoms with van der Waals surface area (Å²) in [5, 5.41) is 8.15. The van der Waals surface area contributed by atoms with Gasteiger partial charge in [-0.2, -0.15) is 13.2 Å². The van der Waals surface area contributed by atoms with Crippen molar-refractivity contribution in [3.05, 3.63) is 71.1 Å². The predicted octanol–water partition coefficient (Wildman–Crippen LogP) is 5.26. The highest BCUT2D eigenvalue weighted by Crippen LogP contribution is 2.33. The fourth-order valence-electron chi connectivity index (χ4n) is 2.83. The number of halogens is 3. The average molecular weight is 375 g/mol. The maximum Gasteiger partial charge on any atom is 0.416 e. The van der Waals surface area contributed by atoms with E-state index in [0.29, 0.717) is 11.8 Å². The first-order chi connectivity index (χ1) is 12.8. The molecule has 3 rings (SSSR count). The van der Waals surface area contributed by atoms with Crippen LogP contribution in [0.2, 0.25) is 0 Å². The minimum Gasteiger partial charge on any atom is -0.419 e. The first-order valence-corrected chi connectivity index (χ1v) is 8.51. The van der Waals surface area contributed by atoms with E-state index in [1.54, 1.807) is 18.0 Å². The second-order valence-electron chi connectivity index (χ2n) is 6.56. The van der Waals surface area contributed by atoms with E-state index in [1.807, 2.05) is 38.1 Å².